The van der Waals surface area contributed by atoms with Gasteiger partial charge in [-0.05, 0) is 12.1 Å². The van der Waals surface area contributed by atoms with Crippen molar-refractivity contribution in [2.24, 2.45) is 7.05 Å². The van der Waals surface area contributed by atoms with Gasteiger partial charge in [-0.3, -0.25) is 4.68 Å². The number of carbonyl (C=O) groups excluding carboxylic acids is 1. The number of hydrogen-bond acceptors (Lipinski definition) is 3. The highest BCUT2D eigenvalue weighted by molar-refractivity contribution is 5.90. The lowest BCUT2D eigenvalue weighted by Crippen LogP contribution is -2.34. The number of hydrogen-bond donors (Lipinski definition) is 2. The number of aryl methyl sites for hydroxylation is 1. The fourth-order valence-electron chi connectivity index (χ4n) is 3.98. The number of nitrogens with zero attached hydrogens (tertiary/aromatic N) is 4. The Morgan fingerprint density at radius 1 is 1.09 bits per heavy atom. The molecule has 2 amide bonds. The second kappa shape index (κ2) is 7.56. The molecule has 32 heavy (non-hydrogen) atoms. The van der Waals surface area contributed by atoms with Crippen LogP contribution in [-0.4, -0.2) is 31.9 Å². The van der Waals surface area contributed by atoms with E-state index in [1.54, 1.807) is 42.5 Å². The molecule has 4 aromatic rings. The zero-order chi connectivity index (χ0) is 22.4. The summed E-state index contributed by atoms with van der Waals surface area (Å²) in [7, 11) is 1.67. The van der Waals surface area contributed by atoms with Gasteiger partial charge in [-0.15, -0.1) is 0 Å². The Morgan fingerprint density at radius 2 is 1.94 bits per heavy atom. The van der Waals surface area contributed by atoms with Crippen LogP contribution in [0.5, 0.6) is 0 Å². The second-order valence-corrected chi connectivity index (χ2v) is 7.45. The van der Waals surface area contributed by atoms with Crippen LogP contribution in [0.3, 0.4) is 0 Å². The largest absolute Gasteiger partial charge is 0.335 e. The zero-order valence-electron chi connectivity index (χ0n) is 16.8. The summed E-state index contributed by atoms with van der Waals surface area (Å²) < 4.78 is 46.8. The predicted octanol–water partition coefficient (Wildman–Crippen LogP) is 4.09. The standard InChI is InChI=1S/C22H17F3N6O/c1-30-10-12(7-28-30)14-5-17(25)18(6-16(14)24)29-22(32)27-9-20-21-13(3-2-4-15(21)23)19-8-26-11-31(19)20/h2-8,10-11,20H,9H2,1H3,(H2,27,29,32). The third-order valence-corrected chi connectivity index (χ3v) is 5.44. The van der Waals surface area contributed by atoms with Gasteiger partial charge in [0.2, 0.25) is 0 Å². The van der Waals surface area contributed by atoms with Crippen molar-refractivity contribution in [3.63, 3.8) is 0 Å². The number of imidazole rings is 1. The summed E-state index contributed by atoms with van der Waals surface area (Å²) in [5.41, 5.74) is 2.03. The van der Waals surface area contributed by atoms with Crippen LogP contribution in [0.1, 0.15) is 11.6 Å². The van der Waals surface area contributed by atoms with Gasteiger partial charge in [0.25, 0.3) is 0 Å². The van der Waals surface area contributed by atoms with Crippen molar-refractivity contribution in [3.8, 4) is 22.4 Å². The summed E-state index contributed by atoms with van der Waals surface area (Å²) in [5, 5.41) is 8.86. The minimum absolute atomic E-state index is 0.0288. The van der Waals surface area contributed by atoms with E-state index in [9.17, 15) is 18.0 Å². The third-order valence-electron chi connectivity index (χ3n) is 5.44. The molecule has 7 nitrogen and oxygen atoms in total. The molecule has 10 heteroatoms. The van der Waals surface area contributed by atoms with E-state index in [2.05, 4.69) is 20.7 Å². The lowest BCUT2D eigenvalue weighted by atomic mass is 10.0. The maximum atomic E-state index is 14.5. The molecule has 3 heterocycles. The van der Waals surface area contributed by atoms with Crippen molar-refractivity contribution >= 4 is 11.7 Å². The Hall–Kier alpha value is -4.08. The Morgan fingerprint density at radius 3 is 2.72 bits per heavy atom. The SMILES string of the molecule is Cn1cc(-c2cc(F)c(NC(=O)NCC3c4c(F)cccc4-c4cncn43)cc2F)cn1. The molecule has 0 fully saturated rings. The van der Waals surface area contributed by atoms with Gasteiger partial charge in [0.05, 0.1) is 36.1 Å². The van der Waals surface area contributed by atoms with Crippen LogP contribution < -0.4 is 10.6 Å². The number of benzene rings is 2. The van der Waals surface area contributed by atoms with Crippen molar-refractivity contribution in [2.75, 3.05) is 11.9 Å². The van der Waals surface area contributed by atoms with E-state index >= 15 is 0 Å². The molecule has 0 radical (unpaired) electrons. The minimum atomic E-state index is -0.797. The van der Waals surface area contributed by atoms with Gasteiger partial charge < -0.3 is 15.2 Å². The molecule has 1 aliphatic rings. The van der Waals surface area contributed by atoms with Crippen LogP contribution in [-0.2, 0) is 7.05 Å². The van der Waals surface area contributed by atoms with Crippen LogP contribution >= 0.6 is 0 Å². The summed E-state index contributed by atoms with van der Waals surface area (Å²) in [4.78, 5) is 16.5. The van der Waals surface area contributed by atoms with E-state index in [0.717, 1.165) is 17.8 Å². The molecule has 0 aliphatic carbocycles. The molecule has 2 aromatic carbocycles. The average Bonchev–Trinajstić information content (AvgIpc) is 3.46. The normalized spacial score (nSPS) is 14.2. The van der Waals surface area contributed by atoms with E-state index in [-0.39, 0.29) is 17.8 Å². The number of anilines is 1. The number of halogens is 3. The van der Waals surface area contributed by atoms with Crippen LogP contribution in [0.15, 0.2) is 55.2 Å². The molecule has 2 aromatic heterocycles. The molecule has 1 aliphatic heterocycles. The van der Waals surface area contributed by atoms with Crippen molar-refractivity contribution in [3.05, 3.63) is 78.3 Å². The highest BCUT2D eigenvalue weighted by Gasteiger charge is 2.31. The third kappa shape index (κ3) is 3.29. The molecular formula is C22H17F3N6O. The first-order valence-electron chi connectivity index (χ1n) is 9.76. The number of carbonyl (C=O) groups is 1. The molecule has 0 saturated heterocycles. The molecule has 1 atom stereocenters. The molecule has 2 N–H and O–H groups in total. The Balaban J connectivity index is 1.32. The molecular weight excluding hydrogens is 421 g/mol. The first-order chi connectivity index (χ1) is 15.4. The topological polar surface area (TPSA) is 76.8 Å². The highest BCUT2D eigenvalue weighted by Crippen LogP contribution is 2.40. The monoisotopic (exact) mass is 438 g/mol. The number of nitrogens with one attached hydrogen (secondary N) is 2. The van der Waals surface area contributed by atoms with Gasteiger partial charge in [-0.1, -0.05) is 12.1 Å². The first-order valence-corrected chi connectivity index (χ1v) is 9.76. The lowest BCUT2D eigenvalue weighted by Gasteiger charge is -2.17. The average molecular weight is 438 g/mol. The summed E-state index contributed by atoms with van der Waals surface area (Å²) >= 11 is 0. The molecule has 1 unspecified atom stereocenters. The van der Waals surface area contributed by atoms with Crippen molar-refractivity contribution in [1.29, 1.82) is 0 Å². The lowest BCUT2D eigenvalue weighted by molar-refractivity contribution is 0.251. The van der Waals surface area contributed by atoms with Gasteiger partial charge >= 0.3 is 6.03 Å². The number of fused-ring (bicyclic) bond motifs is 3. The van der Waals surface area contributed by atoms with Crippen molar-refractivity contribution < 1.29 is 18.0 Å². The second-order valence-electron chi connectivity index (χ2n) is 7.45. The van der Waals surface area contributed by atoms with Gasteiger partial charge in [0.1, 0.15) is 17.5 Å². The van der Waals surface area contributed by atoms with E-state index in [1.807, 2.05) is 0 Å². The predicted molar refractivity (Wildman–Crippen MR) is 111 cm³/mol. The van der Waals surface area contributed by atoms with Crippen molar-refractivity contribution in [1.82, 2.24) is 24.6 Å². The smallest absolute Gasteiger partial charge is 0.319 e. The fraction of sp³-hybridized carbons (Fsp3) is 0.136. The van der Waals surface area contributed by atoms with Crippen LogP contribution in [0.4, 0.5) is 23.7 Å². The van der Waals surface area contributed by atoms with Crippen molar-refractivity contribution in [2.45, 2.75) is 6.04 Å². The molecule has 0 saturated carbocycles. The van der Waals surface area contributed by atoms with Gasteiger partial charge in [0.15, 0.2) is 0 Å². The van der Waals surface area contributed by atoms with E-state index in [0.29, 0.717) is 16.7 Å². The Labute approximate surface area is 180 Å². The maximum absolute atomic E-state index is 14.5. The van der Waals surface area contributed by atoms with E-state index < -0.39 is 29.5 Å². The number of rotatable bonds is 4. The van der Waals surface area contributed by atoms with Crippen LogP contribution in [0.2, 0.25) is 0 Å². The number of amides is 2. The quantitative estimate of drug-likeness (QED) is 0.504. The van der Waals surface area contributed by atoms with Crippen LogP contribution in [0.25, 0.3) is 22.4 Å². The summed E-state index contributed by atoms with van der Waals surface area (Å²) in [5.74, 6) is -1.89. The van der Waals surface area contributed by atoms with Crippen LogP contribution in [0, 0.1) is 17.5 Å². The van der Waals surface area contributed by atoms with Gasteiger partial charge in [0, 0.05) is 48.1 Å². The van der Waals surface area contributed by atoms with Gasteiger partial charge in [-0.25, -0.2) is 22.9 Å². The van der Waals surface area contributed by atoms with E-state index in [1.165, 1.54) is 16.9 Å². The number of aromatic nitrogens is 4. The summed E-state index contributed by atoms with van der Waals surface area (Å²) in [6.07, 6.45) is 6.16. The maximum Gasteiger partial charge on any atom is 0.319 e. The Kier molecular flexibility index (Phi) is 4.69. The zero-order valence-corrected chi connectivity index (χ0v) is 16.8. The van der Waals surface area contributed by atoms with E-state index in [4.69, 9.17) is 0 Å². The fourth-order valence-corrected chi connectivity index (χ4v) is 3.98. The minimum Gasteiger partial charge on any atom is -0.335 e. The summed E-state index contributed by atoms with van der Waals surface area (Å²) in [6.45, 7) is 0.0288. The number of urea groups is 1. The first kappa shape index (κ1) is 19.9. The molecule has 0 bridgehead atoms. The Bertz CT molecular complexity index is 1350. The molecule has 0 spiro atoms. The van der Waals surface area contributed by atoms with Gasteiger partial charge in [-0.2, -0.15) is 5.10 Å². The molecule has 162 valence electrons. The summed E-state index contributed by atoms with van der Waals surface area (Å²) in [6, 6.07) is 5.41. The highest BCUT2D eigenvalue weighted by atomic mass is 19.1. The molecule has 5 rings (SSSR count).